The van der Waals surface area contributed by atoms with Crippen LogP contribution >= 0.6 is 0 Å². The largest absolute Gasteiger partial charge is 0.433 e. The van der Waals surface area contributed by atoms with Crippen molar-refractivity contribution in [1.82, 2.24) is 29.8 Å². The molecule has 35 heavy (non-hydrogen) atoms. The van der Waals surface area contributed by atoms with E-state index < -0.39 is 35.1 Å². The van der Waals surface area contributed by atoms with Gasteiger partial charge in [0.15, 0.2) is 0 Å². The van der Waals surface area contributed by atoms with E-state index in [9.17, 15) is 22.0 Å². The van der Waals surface area contributed by atoms with Crippen LogP contribution in [-0.4, -0.2) is 36.3 Å². The van der Waals surface area contributed by atoms with Gasteiger partial charge in [-0.05, 0) is 30.3 Å². The Labute approximate surface area is 193 Å². The average molecular weight is 487 g/mol. The molecule has 0 spiro atoms. The molecule has 5 aromatic rings. The number of aromatic nitrogens is 6. The first-order valence-corrected chi connectivity index (χ1v) is 10.4. The van der Waals surface area contributed by atoms with Gasteiger partial charge in [-0.3, -0.25) is 0 Å². The van der Waals surface area contributed by atoms with Gasteiger partial charge in [-0.1, -0.05) is 17.2 Å². The van der Waals surface area contributed by atoms with Gasteiger partial charge in [-0.2, -0.15) is 18.3 Å². The van der Waals surface area contributed by atoms with E-state index in [2.05, 4.69) is 25.3 Å². The Morgan fingerprint density at radius 3 is 2.57 bits per heavy atom. The minimum Gasteiger partial charge on any atom is -0.403 e. The lowest BCUT2D eigenvalue weighted by molar-refractivity contribution is -0.142. The lowest BCUT2D eigenvalue weighted by Crippen LogP contribution is -2.37. The zero-order chi connectivity index (χ0) is 24.3. The highest BCUT2D eigenvalue weighted by atomic mass is 19.4. The van der Waals surface area contributed by atoms with E-state index in [1.165, 1.54) is 30.6 Å². The van der Waals surface area contributed by atoms with Gasteiger partial charge < -0.3 is 14.3 Å². The van der Waals surface area contributed by atoms with Crippen molar-refractivity contribution in [3.63, 3.8) is 0 Å². The van der Waals surface area contributed by atoms with Gasteiger partial charge >= 0.3 is 12.2 Å². The van der Waals surface area contributed by atoms with Crippen LogP contribution in [-0.2, 0) is 12.6 Å². The monoisotopic (exact) mass is 487 g/mol. The van der Waals surface area contributed by atoms with Crippen LogP contribution in [0.2, 0.25) is 0 Å². The minimum atomic E-state index is -4.61. The summed E-state index contributed by atoms with van der Waals surface area (Å²) in [6, 6.07) is 7.75. The number of pyridine rings is 1. The molecule has 1 aromatic carbocycles. The molecule has 0 bridgehead atoms. The second-order valence-electron chi connectivity index (χ2n) is 7.91. The smallest absolute Gasteiger partial charge is 0.403 e. The van der Waals surface area contributed by atoms with Crippen LogP contribution in [0.3, 0.4) is 0 Å². The van der Waals surface area contributed by atoms with Crippen molar-refractivity contribution in [3.05, 3.63) is 83.2 Å². The number of anilines is 1. The third-order valence-corrected chi connectivity index (χ3v) is 5.84. The molecular weight excluding hydrogens is 473 g/mol. The highest BCUT2D eigenvalue weighted by Gasteiger charge is 2.38. The number of nitrogens with one attached hydrogen (secondary N) is 1. The summed E-state index contributed by atoms with van der Waals surface area (Å²) in [6.07, 6.45) is -2.65. The SMILES string of the molecule is Fc1cccc(F)c1-c1nnc(N2CCc3[nH]cnc3C2c2cc3cccc(C(F)(F)F)n3n2)o1. The normalized spacial score (nSPS) is 16.1. The predicted octanol–water partition coefficient (Wildman–Crippen LogP) is 4.56. The Hall–Kier alpha value is -4.29. The second kappa shape index (κ2) is 7.61. The summed E-state index contributed by atoms with van der Waals surface area (Å²) >= 11 is 0. The summed E-state index contributed by atoms with van der Waals surface area (Å²) in [7, 11) is 0. The van der Waals surface area contributed by atoms with E-state index >= 15 is 0 Å². The quantitative estimate of drug-likeness (QED) is 0.376. The van der Waals surface area contributed by atoms with Crippen molar-refractivity contribution in [2.45, 2.75) is 18.6 Å². The van der Waals surface area contributed by atoms with Gasteiger partial charge in [0.05, 0.1) is 23.2 Å². The third kappa shape index (κ3) is 3.42. The molecule has 6 rings (SSSR count). The number of fused-ring (bicyclic) bond motifs is 2. The van der Waals surface area contributed by atoms with Gasteiger partial charge in [-0.25, -0.2) is 18.3 Å². The molecule has 0 amide bonds. The Morgan fingerprint density at radius 1 is 1.03 bits per heavy atom. The van der Waals surface area contributed by atoms with E-state index in [1.54, 1.807) is 4.90 Å². The van der Waals surface area contributed by atoms with Crippen LogP contribution in [0.4, 0.5) is 28.0 Å². The molecular formula is C22H14F5N7O. The van der Waals surface area contributed by atoms with Gasteiger partial charge in [0.25, 0.3) is 5.89 Å². The van der Waals surface area contributed by atoms with E-state index in [0.717, 1.165) is 28.4 Å². The van der Waals surface area contributed by atoms with Crippen LogP contribution in [0, 0.1) is 11.6 Å². The van der Waals surface area contributed by atoms with Crippen molar-refractivity contribution in [2.75, 3.05) is 11.4 Å². The molecule has 178 valence electrons. The van der Waals surface area contributed by atoms with Crippen molar-refractivity contribution >= 4 is 11.5 Å². The standard InChI is InChI=1S/C22H14F5N7O/c23-12-4-2-5-13(24)17(12)20-30-31-21(35-20)33-8-7-14-18(29-10-28-14)19(33)15-9-11-3-1-6-16(22(25,26)27)34(11)32-15/h1-6,9-10,19H,7-8H2,(H,28,29). The fraction of sp³-hybridized carbons (Fsp3) is 0.182. The van der Waals surface area contributed by atoms with Gasteiger partial charge in [0.1, 0.15) is 28.9 Å². The minimum absolute atomic E-state index is 0.0746. The summed E-state index contributed by atoms with van der Waals surface area (Å²) in [5, 5.41) is 12.0. The maximum Gasteiger partial charge on any atom is 0.433 e. The Kier molecular flexibility index (Phi) is 4.62. The van der Waals surface area contributed by atoms with Crippen LogP contribution in [0.25, 0.3) is 17.0 Å². The highest BCUT2D eigenvalue weighted by molar-refractivity contribution is 5.57. The molecule has 1 N–H and O–H groups in total. The van der Waals surface area contributed by atoms with E-state index in [1.807, 2.05) is 0 Å². The maximum absolute atomic E-state index is 14.2. The van der Waals surface area contributed by atoms with Gasteiger partial charge in [0.2, 0.25) is 0 Å². The molecule has 1 aliphatic rings. The molecule has 0 radical (unpaired) electrons. The van der Waals surface area contributed by atoms with Crippen molar-refractivity contribution in [3.8, 4) is 11.5 Å². The number of hydrogen-bond acceptors (Lipinski definition) is 6. The Morgan fingerprint density at radius 2 is 1.80 bits per heavy atom. The first-order valence-electron chi connectivity index (χ1n) is 10.4. The molecule has 1 unspecified atom stereocenters. The summed E-state index contributed by atoms with van der Waals surface area (Å²) in [4.78, 5) is 8.98. The number of nitrogens with zero attached hydrogens (tertiary/aromatic N) is 6. The fourth-order valence-corrected chi connectivity index (χ4v) is 4.30. The second-order valence-corrected chi connectivity index (χ2v) is 7.91. The summed E-state index contributed by atoms with van der Waals surface area (Å²) in [6.45, 7) is 0.307. The average Bonchev–Trinajstić information content (AvgIpc) is 3.56. The van der Waals surface area contributed by atoms with Crippen molar-refractivity contribution in [2.24, 2.45) is 0 Å². The predicted molar refractivity (Wildman–Crippen MR) is 111 cm³/mol. The number of alkyl halides is 3. The molecule has 0 fully saturated rings. The molecule has 8 nitrogen and oxygen atoms in total. The summed E-state index contributed by atoms with van der Waals surface area (Å²) < 4.78 is 75.6. The molecule has 4 aromatic heterocycles. The van der Waals surface area contributed by atoms with Crippen molar-refractivity contribution in [1.29, 1.82) is 0 Å². The van der Waals surface area contributed by atoms with Gasteiger partial charge in [-0.15, -0.1) is 5.10 Å². The topological polar surface area (TPSA) is 88.1 Å². The summed E-state index contributed by atoms with van der Waals surface area (Å²) in [5.41, 5.74) is 0.386. The first-order chi connectivity index (χ1) is 16.8. The number of benzene rings is 1. The lowest BCUT2D eigenvalue weighted by atomic mass is 10.0. The van der Waals surface area contributed by atoms with Crippen molar-refractivity contribution < 1.29 is 26.4 Å². The number of halogens is 5. The maximum atomic E-state index is 14.2. The zero-order valence-corrected chi connectivity index (χ0v) is 17.6. The summed E-state index contributed by atoms with van der Waals surface area (Å²) in [5.74, 6) is -2.11. The first kappa shape index (κ1) is 21.3. The van der Waals surface area contributed by atoms with Crippen LogP contribution in [0.15, 0.2) is 53.2 Å². The Bertz CT molecular complexity index is 1530. The van der Waals surface area contributed by atoms with Crippen LogP contribution < -0.4 is 4.90 Å². The zero-order valence-electron chi connectivity index (χ0n) is 17.6. The lowest BCUT2D eigenvalue weighted by Gasteiger charge is -2.32. The van der Waals surface area contributed by atoms with E-state index in [0.29, 0.717) is 18.7 Å². The number of hydrogen-bond donors (Lipinski definition) is 1. The molecule has 0 aliphatic carbocycles. The van der Waals surface area contributed by atoms with E-state index in [-0.39, 0.29) is 23.1 Å². The molecule has 1 aliphatic heterocycles. The van der Waals surface area contributed by atoms with Crippen LogP contribution in [0.1, 0.15) is 28.8 Å². The molecule has 5 heterocycles. The van der Waals surface area contributed by atoms with Gasteiger partial charge in [0, 0.05) is 18.7 Å². The number of rotatable bonds is 3. The highest BCUT2D eigenvalue weighted by Crippen LogP contribution is 2.38. The number of imidazole rings is 1. The third-order valence-electron chi connectivity index (χ3n) is 5.84. The molecule has 13 heteroatoms. The molecule has 0 saturated carbocycles. The fourth-order valence-electron chi connectivity index (χ4n) is 4.30. The number of H-pyrrole nitrogens is 1. The molecule has 0 saturated heterocycles. The Balaban J connectivity index is 1.47. The van der Waals surface area contributed by atoms with Crippen LogP contribution in [0.5, 0.6) is 0 Å². The molecule has 1 atom stereocenters. The number of aromatic amines is 1. The van der Waals surface area contributed by atoms with E-state index in [4.69, 9.17) is 4.42 Å².